The zero-order chi connectivity index (χ0) is 19.5. The fourth-order valence-corrected chi connectivity index (χ4v) is 4.86. The number of benzene rings is 1. The molecule has 5 nitrogen and oxygen atoms in total. The van der Waals surface area contributed by atoms with Crippen molar-refractivity contribution in [3.63, 3.8) is 0 Å². The highest BCUT2D eigenvalue weighted by atomic mass is 32.2. The number of carbonyl (C=O) groups is 1. The molecule has 1 saturated carbocycles. The maximum Gasteiger partial charge on any atom is 0.332 e. The molecule has 146 valence electrons. The van der Waals surface area contributed by atoms with Crippen LogP contribution < -0.4 is 10.0 Å². The summed E-state index contributed by atoms with van der Waals surface area (Å²) in [5.74, 6) is -0.403. The van der Waals surface area contributed by atoms with Gasteiger partial charge in [-0.05, 0) is 47.9 Å². The second-order valence-electron chi connectivity index (χ2n) is 7.63. The fourth-order valence-electron chi connectivity index (χ4n) is 3.43. The quantitative estimate of drug-likeness (QED) is 0.761. The minimum atomic E-state index is -3.71. The standard InChI is InChI=1S/C19H29FN2O3S/c1-12(2)16-10-14(20)11-17(13(3)4)18(16)21-19(23)22-26(24,25)15-8-6-5-7-9-15/h10-13,15H,5-9H2,1-4H3,(H2,21,22,23). The lowest BCUT2D eigenvalue weighted by Gasteiger charge is -2.23. The minimum absolute atomic E-state index is 0.0200. The molecule has 2 N–H and O–H groups in total. The number of halogens is 1. The average Bonchev–Trinajstić information content (AvgIpc) is 2.56. The van der Waals surface area contributed by atoms with Gasteiger partial charge in [-0.1, -0.05) is 47.0 Å². The normalized spacial score (nSPS) is 16.1. The Morgan fingerprint density at radius 2 is 1.54 bits per heavy atom. The van der Waals surface area contributed by atoms with Gasteiger partial charge in [-0.15, -0.1) is 0 Å². The minimum Gasteiger partial charge on any atom is -0.307 e. The van der Waals surface area contributed by atoms with Gasteiger partial charge in [0.1, 0.15) is 5.82 Å². The summed E-state index contributed by atoms with van der Waals surface area (Å²) in [6.07, 6.45) is 3.91. The smallest absolute Gasteiger partial charge is 0.307 e. The molecule has 0 saturated heterocycles. The molecular formula is C19H29FN2O3S. The Balaban J connectivity index is 2.25. The van der Waals surface area contributed by atoms with Crippen molar-refractivity contribution in [2.45, 2.75) is 76.9 Å². The van der Waals surface area contributed by atoms with Crippen molar-refractivity contribution in [1.82, 2.24) is 4.72 Å². The molecule has 0 aliphatic heterocycles. The fraction of sp³-hybridized carbons (Fsp3) is 0.632. The number of carbonyl (C=O) groups excluding carboxylic acids is 1. The summed E-state index contributed by atoms with van der Waals surface area (Å²) in [7, 11) is -3.71. The molecule has 26 heavy (non-hydrogen) atoms. The summed E-state index contributed by atoms with van der Waals surface area (Å²) in [4.78, 5) is 12.4. The zero-order valence-corrected chi connectivity index (χ0v) is 16.7. The molecule has 2 rings (SSSR count). The molecule has 1 aliphatic rings. The highest BCUT2D eigenvalue weighted by Crippen LogP contribution is 2.33. The monoisotopic (exact) mass is 384 g/mol. The Labute approximate surface area is 155 Å². The number of sulfonamides is 1. The molecule has 0 bridgehead atoms. The van der Waals surface area contributed by atoms with E-state index in [0.717, 1.165) is 19.3 Å². The second-order valence-corrected chi connectivity index (χ2v) is 9.59. The van der Waals surface area contributed by atoms with E-state index in [0.29, 0.717) is 29.7 Å². The van der Waals surface area contributed by atoms with Gasteiger partial charge in [-0.2, -0.15) is 0 Å². The van der Waals surface area contributed by atoms with E-state index >= 15 is 0 Å². The summed E-state index contributed by atoms with van der Waals surface area (Å²) in [5.41, 5.74) is 1.80. The van der Waals surface area contributed by atoms with Crippen LogP contribution in [0.3, 0.4) is 0 Å². The number of amides is 2. The lowest BCUT2D eigenvalue weighted by atomic mass is 9.92. The Bertz CT molecular complexity index is 725. The molecule has 0 atom stereocenters. The van der Waals surface area contributed by atoms with Crippen LogP contribution >= 0.6 is 0 Å². The molecule has 0 spiro atoms. The first-order valence-electron chi connectivity index (χ1n) is 9.27. The number of nitrogens with one attached hydrogen (secondary N) is 2. The lowest BCUT2D eigenvalue weighted by Crippen LogP contribution is -2.41. The van der Waals surface area contributed by atoms with E-state index in [1.165, 1.54) is 12.1 Å². The maximum absolute atomic E-state index is 14.0. The van der Waals surface area contributed by atoms with Gasteiger partial charge in [0.2, 0.25) is 10.0 Å². The molecule has 1 aromatic rings. The molecule has 0 aromatic heterocycles. The molecule has 2 amide bonds. The number of urea groups is 1. The molecule has 1 aromatic carbocycles. The number of hydrogen-bond acceptors (Lipinski definition) is 3. The third kappa shape index (κ3) is 4.96. The topological polar surface area (TPSA) is 75.3 Å². The van der Waals surface area contributed by atoms with Gasteiger partial charge in [0.05, 0.1) is 5.25 Å². The molecule has 0 unspecified atom stereocenters. The van der Waals surface area contributed by atoms with E-state index in [-0.39, 0.29) is 17.7 Å². The van der Waals surface area contributed by atoms with Gasteiger partial charge in [0.25, 0.3) is 0 Å². The Kier molecular flexibility index (Phi) is 6.66. The van der Waals surface area contributed by atoms with Crippen molar-refractivity contribution >= 4 is 21.7 Å². The largest absolute Gasteiger partial charge is 0.332 e. The van der Waals surface area contributed by atoms with Crippen molar-refractivity contribution in [3.8, 4) is 0 Å². The highest BCUT2D eigenvalue weighted by Gasteiger charge is 2.29. The summed E-state index contributed by atoms with van der Waals surface area (Å²) in [5, 5.41) is 2.14. The first kappa shape index (κ1) is 20.7. The third-order valence-electron chi connectivity index (χ3n) is 4.87. The van der Waals surface area contributed by atoms with Crippen LogP contribution in [-0.2, 0) is 10.0 Å². The van der Waals surface area contributed by atoms with Crippen LogP contribution in [0.2, 0.25) is 0 Å². The molecule has 1 aliphatic carbocycles. The van der Waals surface area contributed by atoms with Gasteiger partial charge >= 0.3 is 6.03 Å². The third-order valence-corrected chi connectivity index (χ3v) is 6.69. The van der Waals surface area contributed by atoms with Gasteiger partial charge in [-0.25, -0.2) is 22.3 Å². The van der Waals surface area contributed by atoms with E-state index in [9.17, 15) is 17.6 Å². The summed E-state index contributed by atoms with van der Waals surface area (Å²) in [6, 6.07) is 2.00. The van der Waals surface area contributed by atoms with Crippen LogP contribution in [0.4, 0.5) is 14.9 Å². The van der Waals surface area contributed by atoms with E-state index in [4.69, 9.17) is 0 Å². The van der Waals surface area contributed by atoms with Gasteiger partial charge in [0.15, 0.2) is 0 Å². The zero-order valence-electron chi connectivity index (χ0n) is 15.9. The van der Waals surface area contributed by atoms with Crippen molar-refractivity contribution in [2.75, 3.05) is 5.32 Å². The first-order valence-corrected chi connectivity index (χ1v) is 10.8. The van der Waals surface area contributed by atoms with Crippen LogP contribution in [0.5, 0.6) is 0 Å². The van der Waals surface area contributed by atoms with E-state index in [1.54, 1.807) is 0 Å². The SMILES string of the molecule is CC(C)c1cc(F)cc(C(C)C)c1NC(=O)NS(=O)(=O)C1CCCCC1. The summed E-state index contributed by atoms with van der Waals surface area (Å²) >= 11 is 0. The van der Waals surface area contributed by atoms with Gasteiger partial charge < -0.3 is 5.32 Å². The van der Waals surface area contributed by atoms with E-state index < -0.39 is 21.3 Å². The molecular weight excluding hydrogens is 355 g/mol. The van der Waals surface area contributed by atoms with Crippen molar-refractivity contribution in [3.05, 3.63) is 29.1 Å². The molecule has 1 fully saturated rings. The lowest BCUT2D eigenvalue weighted by molar-refractivity contribution is 0.256. The Hall–Kier alpha value is -1.63. The summed E-state index contributed by atoms with van der Waals surface area (Å²) < 4.78 is 41.0. The highest BCUT2D eigenvalue weighted by molar-refractivity contribution is 7.90. The summed E-state index contributed by atoms with van der Waals surface area (Å²) in [6.45, 7) is 7.61. The van der Waals surface area contributed by atoms with Gasteiger partial charge in [0, 0.05) is 5.69 Å². The van der Waals surface area contributed by atoms with E-state index in [1.807, 2.05) is 27.7 Å². The average molecular weight is 385 g/mol. The molecule has 7 heteroatoms. The van der Waals surface area contributed by atoms with Crippen molar-refractivity contribution in [2.24, 2.45) is 0 Å². The first-order chi connectivity index (χ1) is 12.1. The predicted octanol–water partition coefficient (Wildman–Crippen LogP) is 4.86. The molecule has 0 heterocycles. The number of hydrogen-bond donors (Lipinski definition) is 2. The van der Waals surface area contributed by atoms with Crippen LogP contribution in [0.25, 0.3) is 0 Å². The number of anilines is 1. The predicted molar refractivity (Wildman–Crippen MR) is 103 cm³/mol. The van der Waals surface area contributed by atoms with Crippen LogP contribution in [0.1, 0.15) is 82.8 Å². The Morgan fingerprint density at radius 1 is 1.04 bits per heavy atom. The van der Waals surface area contributed by atoms with E-state index in [2.05, 4.69) is 10.0 Å². The van der Waals surface area contributed by atoms with Crippen molar-refractivity contribution in [1.29, 1.82) is 0 Å². The second kappa shape index (κ2) is 8.37. The molecule has 0 radical (unpaired) electrons. The van der Waals surface area contributed by atoms with Crippen LogP contribution in [0.15, 0.2) is 12.1 Å². The van der Waals surface area contributed by atoms with Crippen molar-refractivity contribution < 1.29 is 17.6 Å². The maximum atomic E-state index is 14.0. The van der Waals surface area contributed by atoms with Crippen LogP contribution in [0, 0.1) is 5.82 Å². The van der Waals surface area contributed by atoms with Crippen LogP contribution in [-0.4, -0.2) is 19.7 Å². The Morgan fingerprint density at radius 3 is 2.00 bits per heavy atom. The van der Waals surface area contributed by atoms with Gasteiger partial charge in [-0.3, -0.25) is 0 Å². The number of rotatable bonds is 5.